The van der Waals surface area contributed by atoms with Gasteiger partial charge in [0.05, 0.1) is 5.50 Å². The second kappa shape index (κ2) is 4.37. The summed E-state index contributed by atoms with van der Waals surface area (Å²) >= 11 is 11.5. The van der Waals surface area contributed by atoms with E-state index in [1.807, 2.05) is 25.9 Å². The molecule has 0 amide bonds. The summed E-state index contributed by atoms with van der Waals surface area (Å²) in [6.07, 6.45) is 0. The van der Waals surface area contributed by atoms with Crippen molar-refractivity contribution in [2.24, 2.45) is 5.92 Å². The molecule has 1 nitrogen and oxygen atoms in total. The predicted molar refractivity (Wildman–Crippen MR) is 43.2 cm³/mol. The van der Waals surface area contributed by atoms with Gasteiger partial charge in [0.25, 0.3) is 0 Å². The first-order chi connectivity index (χ1) is 4.09. The maximum Gasteiger partial charge on any atom is 0.0882 e. The van der Waals surface area contributed by atoms with Gasteiger partial charge in [-0.1, -0.05) is 6.92 Å². The van der Waals surface area contributed by atoms with E-state index >= 15 is 0 Å². The molecule has 0 saturated carbocycles. The van der Waals surface area contributed by atoms with Gasteiger partial charge in [0.2, 0.25) is 0 Å². The van der Waals surface area contributed by atoms with Crippen LogP contribution in [0.25, 0.3) is 0 Å². The smallest absolute Gasteiger partial charge is 0.0882 e. The normalized spacial score (nSPS) is 18.0. The molecule has 3 heteroatoms. The van der Waals surface area contributed by atoms with Crippen LogP contribution in [0.15, 0.2) is 0 Å². The summed E-state index contributed by atoms with van der Waals surface area (Å²) < 4.78 is 0. The SMILES string of the molecule is CC(CCl)C(Cl)N(C)C. The Balaban J connectivity index is 3.58. The average molecular weight is 170 g/mol. The molecule has 0 aromatic carbocycles. The largest absolute Gasteiger partial charge is 0.293 e. The number of rotatable bonds is 3. The van der Waals surface area contributed by atoms with Crippen molar-refractivity contribution >= 4 is 23.2 Å². The van der Waals surface area contributed by atoms with Crippen molar-refractivity contribution < 1.29 is 0 Å². The van der Waals surface area contributed by atoms with Crippen LogP contribution in [0.5, 0.6) is 0 Å². The fraction of sp³-hybridized carbons (Fsp3) is 1.00. The molecule has 0 aliphatic heterocycles. The van der Waals surface area contributed by atoms with Crippen LogP contribution in [-0.4, -0.2) is 30.4 Å². The lowest BCUT2D eigenvalue weighted by molar-refractivity contribution is 0.315. The van der Waals surface area contributed by atoms with Gasteiger partial charge < -0.3 is 0 Å². The van der Waals surface area contributed by atoms with Crippen molar-refractivity contribution in [3.05, 3.63) is 0 Å². The van der Waals surface area contributed by atoms with Crippen LogP contribution in [0.1, 0.15) is 6.92 Å². The third kappa shape index (κ3) is 3.29. The first-order valence-corrected chi connectivity index (χ1v) is 3.93. The lowest BCUT2D eigenvalue weighted by Gasteiger charge is -2.21. The number of hydrogen-bond donors (Lipinski definition) is 0. The minimum absolute atomic E-state index is 0.0579. The standard InChI is InChI=1S/C6H13Cl2N/c1-5(4-7)6(8)9(2)3/h5-6H,4H2,1-3H3. The van der Waals surface area contributed by atoms with Gasteiger partial charge in [-0.2, -0.15) is 0 Å². The quantitative estimate of drug-likeness (QED) is 0.462. The monoisotopic (exact) mass is 169 g/mol. The van der Waals surface area contributed by atoms with E-state index in [-0.39, 0.29) is 5.50 Å². The summed E-state index contributed by atoms with van der Waals surface area (Å²) in [5.41, 5.74) is 0.0579. The summed E-state index contributed by atoms with van der Waals surface area (Å²) in [5, 5.41) is 0. The van der Waals surface area contributed by atoms with Crippen molar-refractivity contribution in [3.63, 3.8) is 0 Å². The maximum absolute atomic E-state index is 5.91. The van der Waals surface area contributed by atoms with Crippen molar-refractivity contribution in [2.75, 3.05) is 20.0 Å². The van der Waals surface area contributed by atoms with E-state index in [0.29, 0.717) is 11.8 Å². The first kappa shape index (κ1) is 9.54. The van der Waals surface area contributed by atoms with E-state index in [9.17, 15) is 0 Å². The molecule has 0 saturated heterocycles. The Hall–Kier alpha value is 0.540. The lowest BCUT2D eigenvalue weighted by Crippen LogP contribution is -2.29. The third-order valence-electron chi connectivity index (χ3n) is 1.21. The van der Waals surface area contributed by atoms with Crippen LogP contribution >= 0.6 is 23.2 Å². The van der Waals surface area contributed by atoms with E-state index < -0.39 is 0 Å². The summed E-state index contributed by atoms with van der Waals surface area (Å²) in [7, 11) is 3.89. The van der Waals surface area contributed by atoms with E-state index in [4.69, 9.17) is 23.2 Å². The van der Waals surface area contributed by atoms with E-state index in [0.717, 1.165) is 0 Å². The Bertz CT molecular complexity index is 75.5. The number of hydrogen-bond acceptors (Lipinski definition) is 1. The molecule has 0 bridgehead atoms. The topological polar surface area (TPSA) is 3.24 Å². The average Bonchev–Trinajstić information content (AvgIpc) is 1.84. The van der Waals surface area contributed by atoms with E-state index in [2.05, 4.69) is 0 Å². The summed E-state index contributed by atoms with van der Waals surface area (Å²) in [6, 6.07) is 0. The Morgan fingerprint density at radius 2 is 1.89 bits per heavy atom. The Labute approximate surface area is 66.9 Å². The highest BCUT2D eigenvalue weighted by Crippen LogP contribution is 2.13. The van der Waals surface area contributed by atoms with Crippen molar-refractivity contribution in [3.8, 4) is 0 Å². The molecule has 0 aliphatic carbocycles. The maximum atomic E-state index is 5.91. The molecule has 0 aromatic heterocycles. The molecule has 0 spiro atoms. The number of halogens is 2. The molecule has 56 valence electrons. The zero-order chi connectivity index (χ0) is 7.44. The molecule has 0 rings (SSSR count). The first-order valence-electron chi connectivity index (χ1n) is 2.96. The minimum Gasteiger partial charge on any atom is -0.293 e. The molecule has 0 aromatic rings. The van der Waals surface area contributed by atoms with Crippen LogP contribution < -0.4 is 0 Å². The number of alkyl halides is 2. The lowest BCUT2D eigenvalue weighted by atomic mass is 10.2. The van der Waals surface area contributed by atoms with E-state index in [1.165, 1.54) is 0 Å². The van der Waals surface area contributed by atoms with Gasteiger partial charge in [-0.3, -0.25) is 4.90 Å². The second-order valence-electron chi connectivity index (χ2n) is 2.47. The molecule has 2 atom stereocenters. The Kier molecular flexibility index (Phi) is 4.63. The minimum atomic E-state index is 0.0579. The molecule has 0 fully saturated rings. The third-order valence-corrected chi connectivity index (χ3v) is 2.51. The second-order valence-corrected chi connectivity index (χ2v) is 3.22. The summed E-state index contributed by atoms with van der Waals surface area (Å²) in [5.74, 6) is 0.968. The van der Waals surface area contributed by atoms with Gasteiger partial charge in [0.1, 0.15) is 0 Å². The van der Waals surface area contributed by atoms with Crippen LogP contribution in [-0.2, 0) is 0 Å². The Morgan fingerprint density at radius 1 is 1.44 bits per heavy atom. The van der Waals surface area contributed by atoms with Gasteiger partial charge in [-0.25, -0.2) is 0 Å². The highest BCUT2D eigenvalue weighted by Gasteiger charge is 2.14. The van der Waals surface area contributed by atoms with Crippen LogP contribution in [0.3, 0.4) is 0 Å². The molecular weight excluding hydrogens is 157 g/mol. The molecule has 2 unspecified atom stereocenters. The van der Waals surface area contributed by atoms with Gasteiger partial charge >= 0.3 is 0 Å². The van der Waals surface area contributed by atoms with Gasteiger partial charge in [0.15, 0.2) is 0 Å². The molecule has 0 heterocycles. The fourth-order valence-corrected chi connectivity index (χ4v) is 0.932. The zero-order valence-corrected chi connectivity index (χ0v) is 7.58. The summed E-state index contributed by atoms with van der Waals surface area (Å²) in [6.45, 7) is 2.03. The molecule has 9 heavy (non-hydrogen) atoms. The van der Waals surface area contributed by atoms with Crippen molar-refractivity contribution in [2.45, 2.75) is 12.4 Å². The molecule has 0 radical (unpaired) electrons. The fourth-order valence-electron chi connectivity index (χ4n) is 0.582. The van der Waals surface area contributed by atoms with Crippen LogP contribution in [0.2, 0.25) is 0 Å². The highest BCUT2D eigenvalue weighted by atomic mass is 35.5. The van der Waals surface area contributed by atoms with Gasteiger partial charge in [-0.15, -0.1) is 23.2 Å². The van der Waals surface area contributed by atoms with Gasteiger partial charge in [0, 0.05) is 5.88 Å². The molecular formula is C6H13Cl2N. The van der Waals surface area contributed by atoms with Crippen LogP contribution in [0.4, 0.5) is 0 Å². The van der Waals surface area contributed by atoms with Crippen molar-refractivity contribution in [1.82, 2.24) is 4.90 Å². The number of nitrogens with zero attached hydrogens (tertiary/aromatic N) is 1. The van der Waals surface area contributed by atoms with E-state index in [1.54, 1.807) is 0 Å². The Morgan fingerprint density at radius 3 is 2.00 bits per heavy atom. The van der Waals surface area contributed by atoms with Crippen molar-refractivity contribution in [1.29, 1.82) is 0 Å². The highest BCUT2D eigenvalue weighted by molar-refractivity contribution is 6.22. The van der Waals surface area contributed by atoms with Crippen LogP contribution in [0, 0.1) is 5.92 Å². The van der Waals surface area contributed by atoms with Gasteiger partial charge in [-0.05, 0) is 20.0 Å². The predicted octanol–water partition coefficient (Wildman–Crippen LogP) is 1.99. The zero-order valence-electron chi connectivity index (χ0n) is 6.06. The summed E-state index contributed by atoms with van der Waals surface area (Å²) in [4.78, 5) is 1.95. The molecule has 0 N–H and O–H groups in total. The molecule has 0 aliphatic rings.